The lowest BCUT2D eigenvalue weighted by Gasteiger charge is -2.17. The molecule has 0 aromatic heterocycles. The van der Waals surface area contributed by atoms with Crippen LogP contribution in [0, 0.1) is 0 Å². The van der Waals surface area contributed by atoms with E-state index in [1.807, 2.05) is 54.6 Å². The van der Waals surface area contributed by atoms with Crippen LogP contribution < -0.4 is 10.9 Å². The van der Waals surface area contributed by atoms with Gasteiger partial charge in [0.2, 0.25) is 0 Å². The third-order valence-electron chi connectivity index (χ3n) is 3.37. The van der Waals surface area contributed by atoms with E-state index < -0.39 is 0 Å². The van der Waals surface area contributed by atoms with E-state index in [1.54, 1.807) is 0 Å². The van der Waals surface area contributed by atoms with E-state index in [4.69, 9.17) is 11.6 Å². The number of benzene rings is 2. The Kier molecular flexibility index (Phi) is 3.99. The Labute approximate surface area is 127 Å². The second kappa shape index (κ2) is 6.08. The van der Waals surface area contributed by atoms with E-state index in [0.29, 0.717) is 11.4 Å². The van der Waals surface area contributed by atoms with Crippen molar-refractivity contribution in [1.82, 2.24) is 10.9 Å². The molecule has 4 nitrogen and oxygen atoms in total. The number of urea groups is 1. The SMILES string of the molecule is O=C1N=C(c2ccccc2)CC(c2ccc(Cl)cc2)NN1. The van der Waals surface area contributed by atoms with Crippen LogP contribution in [0.5, 0.6) is 0 Å². The lowest BCUT2D eigenvalue weighted by molar-refractivity contribution is 0.244. The van der Waals surface area contributed by atoms with Gasteiger partial charge in [0.25, 0.3) is 0 Å². The normalized spacial score (nSPS) is 18.6. The van der Waals surface area contributed by atoms with Crippen LogP contribution in [0.4, 0.5) is 4.79 Å². The molecule has 2 aromatic carbocycles. The summed E-state index contributed by atoms with van der Waals surface area (Å²) in [7, 11) is 0. The van der Waals surface area contributed by atoms with E-state index >= 15 is 0 Å². The molecule has 0 aliphatic carbocycles. The van der Waals surface area contributed by atoms with Gasteiger partial charge in [-0.1, -0.05) is 54.1 Å². The van der Waals surface area contributed by atoms with Crippen molar-refractivity contribution in [2.24, 2.45) is 4.99 Å². The average molecular weight is 300 g/mol. The Bertz CT molecular complexity index is 668. The number of aliphatic imine (C=N–C) groups is 1. The fourth-order valence-electron chi connectivity index (χ4n) is 2.30. The molecule has 3 rings (SSSR count). The quantitative estimate of drug-likeness (QED) is 0.892. The minimum atomic E-state index is -0.384. The Balaban J connectivity index is 1.90. The summed E-state index contributed by atoms with van der Waals surface area (Å²) in [6, 6.07) is 16.9. The molecule has 0 saturated heterocycles. The van der Waals surface area contributed by atoms with Gasteiger partial charge in [-0.25, -0.2) is 10.2 Å². The molecule has 1 atom stereocenters. The summed E-state index contributed by atoms with van der Waals surface area (Å²) in [5, 5.41) is 0.688. The van der Waals surface area contributed by atoms with Crippen LogP contribution in [0.25, 0.3) is 0 Å². The number of amides is 2. The van der Waals surface area contributed by atoms with E-state index in [0.717, 1.165) is 16.8 Å². The third kappa shape index (κ3) is 3.29. The van der Waals surface area contributed by atoms with Gasteiger partial charge >= 0.3 is 6.03 Å². The molecule has 0 spiro atoms. The summed E-state index contributed by atoms with van der Waals surface area (Å²) in [5.74, 6) is 0. The molecule has 21 heavy (non-hydrogen) atoms. The van der Waals surface area contributed by atoms with Crippen molar-refractivity contribution < 1.29 is 4.79 Å². The zero-order valence-electron chi connectivity index (χ0n) is 11.2. The Hall–Kier alpha value is -2.17. The first-order valence-electron chi connectivity index (χ1n) is 6.66. The van der Waals surface area contributed by atoms with Crippen molar-refractivity contribution in [3.63, 3.8) is 0 Å². The highest BCUT2D eigenvalue weighted by Gasteiger charge is 2.20. The molecule has 0 fully saturated rings. The number of nitrogens with zero attached hydrogens (tertiary/aromatic N) is 1. The number of hydrazine groups is 1. The maximum atomic E-state index is 11.7. The maximum Gasteiger partial charge on any atom is 0.355 e. The van der Waals surface area contributed by atoms with Crippen LogP contribution in [0.1, 0.15) is 23.6 Å². The Morgan fingerprint density at radius 3 is 2.48 bits per heavy atom. The van der Waals surface area contributed by atoms with E-state index in [-0.39, 0.29) is 12.1 Å². The summed E-state index contributed by atoms with van der Waals surface area (Å²) >= 11 is 5.92. The highest BCUT2D eigenvalue weighted by molar-refractivity contribution is 6.30. The topological polar surface area (TPSA) is 53.5 Å². The van der Waals surface area contributed by atoms with Gasteiger partial charge in [-0.3, -0.25) is 5.43 Å². The molecule has 1 unspecified atom stereocenters. The maximum absolute atomic E-state index is 11.7. The zero-order valence-corrected chi connectivity index (χ0v) is 12.0. The van der Waals surface area contributed by atoms with E-state index in [1.165, 1.54) is 0 Å². The fraction of sp³-hybridized carbons (Fsp3) is 0.125. The Morgan fingerprint density at radius 1 is 1.05 bits per heavy atom. The number of carbonyl (C=O) groups is 1. The number of nitrogens with one attached hydrogen (secondary N) is 2. The second-order valence-corrected chi connectivity index (χ2v) is 5.24. The van der Waals surface area contributed by atoms with Gasteiger partial charge in [-0.05, 0) is 23.3 Å². The molecule has 2 aromatic rings. The molecule has 1 heterocycles. The fourth-order valence-corrected chi connectivity index (χ4v) is 2.42. The van der Waals surface area contributed by atoms with Crippen molar-refractivity contribution >= 4 is 23.3 Å². The van der Waals surface area contributed by atoms with Crippen LogP contribution in [0.3, 0.4) is 0 Å². The van der Waals surface area contributed by atoms with Crippen LogP contribution >= 0.6 is 11.6 Å². The van der Waals surface area contributed by atoms with Gasteiger partial charge in [0.1, 0.15) is 0 Å². The first-order chi connectivity index (χ1) is 10.2. The zero-order chi connectivity index (χ0) is 14.7. The molecule has 0 radical (unpaired) electrons. The number of hydrogen-bond donors (Lipinski definition) is 2. The minimum Gasteiger partial charge on any atom is -0.271 e. The highest BCUT2D eigenvalue weighted by Crippen LogP contribution is 2.22. The lowest BCUT2D eigenvalue weighted by Crippen LogP contribution is -2.36. The summed E-state index contributed by atoms with van der Waals surface area (Å²) in [4.78, 5) is 15.8. The number of rotatable bonds is 2. The van der Waals surface area contributed by atoms with Crippen molar-refractivity contribution in [2.45, 2.75) is 12.5 Å². The van der Waals surface area contributed by atoms with Gasteiger partial charge in [0, 0.05) is 11.4 Å². The van der Waals surface area contributed by atoms with Crippen LogP contribution in [0.2, 0.25) is 5.02 Å². The number of halogens is 1. The van der Waals surface area contributed by atoms with Gasteiger partial charge in [-0.2, -0.15) is 4.99 Å². The molecule has 5 heteroatoms. The monoisotopic (exact) mass is 299 g/mol. The van der Waals surface area contributed by atoms with Crippen LogP contribution in [0.15, 0.2) is 59.6 Å². The minimum absolute atomic E-state index is 0.0485. The summed E-state index contributed by atoms with van der Waals surface area (Å²) in [6.07, 6.45) is 0.615. The molecule has 1 aliphatic heterocycles. The van der Waals surface area contributed by atoms with Crippen molar-refractivity contribution in [3.8, 4) is 0 Å². The largest absolute Gasteiger partial charge is 0.355 e. The van der Waals surface area contributed by atoms with E-state index in [9.17, 15) is 4.79 Å². The second-order valence-electron chi connectivity index (χ2n) is 4.81. The predicted molar refractivity (Wildman–Crippen MR) is 83.5 cm³/mol. The summed E-state index contributed by atoms with van der Waals surface area (Å²) in [6.45, 7) is 0. The van der Waals surface area contributed by atoms with Gasteiger partial charge in [-0.15, -0.1) is 0 Å². The van der Waals surface area contributed by atoms with Crippen molar-refractivity contribution in [1.29, 1.82) is 0 Å². The number of carbonyl (C=O) groups excluding carboxylic acids is 1. The lowest BCUT2D eigenvalue weighted by atomic mass is 9.98. The van der Waals surface area contributed by atoms with Gasteiger partial charge in [0.15, 0.2) is 0 Å². The van der Waals surface area contributed by atoms with Crippen molar-refractivity contribution in [2.75, 3.05) is 0 Å². The molecule has 0 bridgehead atoms. The smallest absolute Gasteiger partial charge is 0.271 e. The predicted octanol–water partition coefficient (Wildman–Crippen LogP) is 3.49. The summed E-state index contributed by atoms with van der Waals surface area (Å²) in [5.41, 5.74) is 8.37. The molecular formula is C16H14ClN3O. The highest BCUT2D eigenvalue weighted by atomic mass is 35.5. The standard InChI is InChI=1S/C16H14ClN3O/c17-13-8-6-12(7-9-13)15-10-14(18-16(21)20-19-15)11-4-2-1-3-5-11/h1-9,15,19H,10H2,(H,20,21). The first kappa shape index (κ1) is 13.8. The summed E-state index contributed by atoms with van der Waals surface area (Å²) < 4.78 is 0. The Morgan fingerprint density at radius 2 is 1.76 bits per heavy atom. The van der Waals surface area contributed by atoms with Crippen LogP contribution in [-0.2, 0) is 0 Å². The molecular weight excluding hydrogens is 286 g/mol. The molecule has 106 valence electrons. The van der Waals surface area contributed by atoms with Gasteiger partial charge in [0.05, 0.1) is 11.8 Å². The molecule has 1 aliphatic rings. The average Bonchev–Trinajstić information content (AvgIpc) is 2.71. The van der Waals surface area contributed by atoms with Crippen LogP contribution in [-0.4, -0.2) is 11.7 Å². The third-order valence-corrected chi connectivity index (χ3v) is 3.62. The molecule has 0 saturated carbocycles. The van der Waals surface area contributed by atoms with Gasteiger partial charge < -0.3 is 0 Å². The molecule has 2 amide bonds. The molecule has 2 N–H and O–H groups in total. The number of hydrogen-bond acceptors (Lipinski definition) is 2. The van der Waals surface area contributed by atoms with Crippen molar-refractivity contribution in [3.05, 3.63) is 70.7 Å². The van der Waals surface area contributed by atoms with E-state index in [2.05, 4.69) is 15.8 Å². The first-order valence-corrected chi connectivity index (χ1v) is 7.04.